The van der Waals surface area contributed by atoms with Gasteiger partial charge in [-0.25, -0.2) is 9.37 Å². The number of aryl methyl sites for hydroxylation is 1. The largest absolute Gasteiger partial charge is 0.363 e. The van der Waals surface area contributed by atoms with Crippen LogP contribution in [0, 0.1) is 12.7 Å². The average Bonchev–Trinajstić information content (AvgIpc) is 2.78. The molecule has 0 aliphatic carbocycles. The molecule has 164 valence electrons. The first kappa shape index (κ1) is 23.5. The lowest BCUT2D eigenvalue weighted by Gasteiger charge is -2.19. The Balaban J connectivity index is 0.000000913. The molecule has 0 spiro atoms. The van der Waals surface area contributed by atoms with Gasteiger partial charge >= 0.3 is 0 Å². The van der Waals surface area contributed by atoms with E-state index < -0.39 is 0 Å². The van der Waals surface area contributed by atoms with Crippen molar-refractivity contribution in [2.45, 2.75) is 33.2 Å². The Morgan fingerprint density at radius 2 is 1.69 bits per heavy atom. The van der Waals surface area contributed by atoms with Gasteiger partial charge in [0.2, 0.25) is 0 Å². The Labute approximate surface area is 194 Å². The Morgan fingerprint density at radius 1 is 1.03 bits per heavy atom. The topological polar surface area (TPSA) is 24.9 Å². The maximum Gasteiger partial charge on any atom is 0.134 e. The maximum absolute atomic E-state index is 13.3. The highest BCUT2D eigenvalue weighted by molar-refractivity contribution is 6.36. The van der Waals surface area contributed by atoms with E-state index in [1.807, 2.05) is 37.3 Å². The maximum atomic E-state index is 13.3. The number of pyridine rings is 1. The van der Waals surface area contributed by atoms with Crippen LogP contribution < -0.4 is 5.32 Å². The Kier molecular flexibility index (Phi) is 8.02. The van der Waals surface area contributed by atoms with Crippen LogP contribution in [0.1, 0.15) is 42.1 Å². The molecule has 0 radical (unpaired) electrons. The van der Waals surface area contributed by atoms with E-state index in [0.29, 0.717) is 11.4 Å². The first-order chi connectivity index (χ1) is 15.4. The van der Waals surface area contributed by atoms with Crippen molar-refractivity contribution in [2.24, 2.45) is 0 Å². The summed E-state index contributed by atoms with van der Waals surface area (Å²) in [6.07, 6.45) is 4.20. The first-order valence-corrected chi connectivity index (χ1v) is 11.0. The molecular formula is C28H28ClFN2. The van der Waals surface area contributed by atoms with E-state index in [2.05, 4.69) is 55.0 Å². The number of anilines is 1. The quantitative estimate of drug-likeness (QED) is 0.312. The molecule has 0 fully saturated rings. The number of hydrogen-bond donors (Lipinski definition) is 1. The fraction of sp³-hybridized carbons (Fsp3) is 0.179. The van der Waals surface area contributed by atoms with Gasteiger partial charge < -0.3 is 5.32 Å². The summed E-state index contributed by atoms with van der Waals surface area (Å²) in [6, 6.07) is 21.1. The van der Waals surface area contributed by atoms with Crippen LogP contribution in [0.25, 0.3) is 10.8 Å². The predicted octanol–water partition coefficient (Wildman–Crippen LogP) is 8.29. The van der Waals surface area contributed by atoms with Gasteiger partial charge in [-0.2, -0.15) is 0 Å². The van der Waals surface area contributed by atoms with Crippen molar-refractivity contribution < 1.29 is 4.39 Å². The molecule has 1 unspecified atom stereocenters. The molecule has 1 N–H and O–H groups in total. The van der Waals surface area contributed by atoms with Crippen molar-refractivity contribution in [3.8, 4) is 0 Å². The Hall–Kier alpha value is -3.17. The Bertz CT molecular complexity index is 1180. The molecule has 4 heteroatoms. The SMILES string of the molecule is C=CC.Cc1ccc(C(C)Nc2nccc3c(Cl)ccc(Cc4ccc(F)cc4)c23)cc1. The number of rotatable bonds is 5. The first-order valence-electron chi connectivity index (χ1n) is 10.6. The number of fused-ring (bicyclic) bond motifs is 1. The summed E-state index contributed by atoms with van der Waals surface area (Å²) in [6.45, 7) is 9.45. The minimum absolute atomic E-state index is 0.0892. The third-order valence-electron chi connectivity index (χ3n) is 5.20. The third kappa shape index (κ3) is 5.74. The fourth-order valence-electron chi connectivity index (χ4n) is 3.56. The van der Waals surface area contributed by atoms with E-state index >= 15 is 0 Å². The summed E-state index contributed by atoms with van der Waals surface area (Å²) in [4.78, 5) is 4.62. The molecule has 3 aromatic carbocycles. The van der Waals surface area contributed by atoms with Gasteiger partial charge in [0.05, 0.1) is 0 Å². The van der Waals surface area contributed by atoms with Gasteiger partial charge in [0.1, 0.15) is 11.6 Å². The van der Waals surface area contributed by atoms with E-state index in [4.69, 9.17) is 11.6 Å². The number of halogens is 2. The number of aromatic nitrogens is 1. The number of benzene rings is 3. The van der Waals surface area contributed by atoms with Gasteiger partial charge in [0.15, 0.2) is 0 Å². The number of allylic oxidation sites excluding steroid dienone is 1. The molecule has 2 nitrogen and oxygen atoms in total. The van der Waals surface area contributed by atoms with Crippen LogP contribution in [0.2, 0.25) is 5.02 Å². The predicted molar refractivity (Wildman–Crippen MR) is 135 cm³/mol. The summed E-state index contributed by atoms with van der Waals surface area (Å²) < 4.78 is 13.3. The van der Waals surface area contributed by atoms with Crippen LogP contribution in [0.4, 0.5) is 10.2 Å². The molecule has 1 aromatic heterocycles. The monoisotopic (exact) mass is 446 g/mol. The highest BCUT2D eigenvalue weighted by atomic mass is 35.5. The van der Waals surface area contributed by atoms with Crippen LogP contribution in [0.15, 0.2) is 85.6 Å². The summed E-state index contributed by atoms with van der Waals surface area (Å²) in [5.74, 6) is 0.570. The summed E-state index contributed by atoms with van der Waals surface area (Å²) >= 11 is 6.49. The molecule has 4 rings (SSSR count). The standard InChI is InChI=1S/C25H22ClFN2.C3H6/c1-16-3-7-19(8-4-16)17(2)29-25-24-20(15-18-5-10-21(27)11-6-18)9-12-23(26)22(24)13-14-28-25;1-3-2/h3-14,17H,15H2,1-2H3,(H,28,29);3H,1H2,2H3. The lowest BCUT2D eigenvalue weighted by Crippen LogP contribution is -2.09. The molecule has 32 heavy (non-hydrogen) atoms. The average molecular weight is 447 g/mol. The molecule has 0 saturated carbocycles. The third-order valence-corrected chi connectivity index (χ3v) is 5.53. The van der Waals surface area contributed by atoms with Gasteiger partial charge in [-0.15, -0.1) is 6.58 Å². The van der Waals surface area contributed by atoms with Crippen molar-refractivity contribution in [3.63, 3.8) is 0 Å². The molecule has 4 aromatic rings. The van der Waals surface area contributed by atoms with Gasteiger partial charge in [0, 0.05) is 28.0 Å². The van der Waals surface area contributed by atoms with Gasteiger partial charge in [-0.3, -0.25) is 0 Å². The second kappa shape index (κ2) is 10.9. The van der Waals surface area contributed by atoms with E-state index in [1.165, 1.54) is 23.3 Å². The highest BCUT2D eigenvalue weighted by Crippen LogP contribution is 2.33. The van der Waals surface area contributed by atoms with E-state index in [1.54, 1.807) is 12.3 Å². The zero-order valence-corrected chi connectivity index (χ0v) is 19.5. The minimum atomic E-state index is -0.231. The van der Waals surface area contributed by atoms with Gasteiger partial charge in [-0.1, -0.05) is 65.7 Å². The molecule has 0 aliphatic rings. The second-order valence-electron chi connectivity index (χ2n) is 7.78. The van der Waals surface area contributed by atoms with Crippen molar-refractivity contribution in [1.82, 2.24) is 4.98 Å². The van der Waals surface area contributed by atoms with E-state index in [9.17, 15) is 4.39 Å². The fourth-order valence-corrected chi connectivity index (χ4v) is 3.78. The highest BCUT2D eigenvalue weighted by Gasteiger charge is 2.14. The molecule has 0 amide bonds. The summed E-state index contributed by atoms with van der Waals surface area (Å²) in [5, 5.41) is 6.21. The zero-order chi connectivity index (χ0) is 23.1. The van der Waals surface area contributed by atoms with Crippen LogP contribution in [-0.2, 0) is 6.42 Å². The van der Waals surface area contributed by atoms with Crippen molar-refractivity contribution in [3.05, 3.63) is 119 Å². The smallest absolute Gasteiger partial charge is 0.134 e. The molecule has 0 bridgehead atoms. The second-order valence-corrected chi connectivity index (χ2v) is 8.18. The number of nitrogens with zero attached hydrogens (tertiary/aromatic N) is 1. The molecule has 0 aliphatic heterocycles. The summed E-state index contributed by atoms with van der Waals surface area (Å²) in [7, 11) is 0. The van der Waals surface area contributed by atoms with Gasteiger partial charge in [0.25, 0.3) is 0 Å². The van der Waals surface area contributed by atoms with Gasteiger partial charge in [-0.05, 0) is 68.1 Å². The molecule has 1 heterocycles. The van der Waals surface area contributed by atoms with Crippen molar-refractivity contribution in [2.75, 3.05) is 5.32 Å². The number of nitrogens with one attached hydrogen (secondary N) is 1. The van der Waals surface area contributed by atoms with Crippen LogP contribution in [0.3, 0.4) is 0 Å². The normalized spacial score (nSPS) is 11.4. The van der Waals surface area contributed by atoms with E-state index in [-0.39, 0.29) is 11.9 Å². The molecular weight excluding hydrogens is 419 g/mol. The lowest BCUT2D eigenvalue weighted by atomic mass is 9.98. The Morgan fingerprint density at radius 3 is 2.34 bits per heavy atom. The van der Waals surface area contributed by atoms with Crippen LogP contribution in [-0.4, -0.2) is 4.98 Å². The summed E-state index contributed by atoms with van der Waals surface area (Å²) in [5.41, 5.74) is 4.56. The number of hydrogen-bond acceptors (Lipinski definition) is 2. The van der Waals surface area contributed by atoms with Crippen LogP contribution in [0.5, 0.6) is 0 Å². The lowest BCUT2D eigenvalue weighted by molar-refractivity contribution is 0.627. The van der Waals surface area contributed by atoms with E-state index in [0.717, 1.165) is 27.7 Å². The van der Waals surface area contributed by atoms with Crippen LogP contribution >= 0.6 is 11.6 Å². The minimum Gasteiger partial charge on any atom is -0.363 e. The zero-order valence-electron chi connectivity index (χ0n) is 18.7. The van der Waals surface area contributed by atoms with Crippen molar-refractivity contribution in [1.29, 1.82) is 0 Å². The molecule has 1 atom stereocenters. The molecule has 0 saturated heterocycles. The van der Waals surface area contributed by atoms with Crippen molar-refractivity contribution >= 4 is 28.2 Å².